The van der Waals surface area contributed by atoms with Crippen molar-refractivity contribution in [1.29, 1.82) is 0 Å². The first kappa shape index (κ1) is 24.6. The molecule has 0 radical (unpaired) electrons. The predicted octanol–water partition coefficient (Wildman–Crippen LogP) is 4.32. The summed E-state index contributed by atoms with van der Waals surface area (Å²) in [6.45, 7) is 5.55. The zero-order valence-corrected chi connectivity index (χ0v) is 21.0. The summed E-state index contributed by atoms with van der Waals surface area (Å²) < 4.78 is 18.8. The van der Waals surface area contributed by atoms with Crippen LogP contribution in [0, 0.1) is 5.82 Å². The minimum Gasteiger partial charge on any atom is -0.497 e. The van der Waals surface area contributed by atoms with E-state index in [0.717, 1.165) is 66.8 Å². The molecule has 0 saturated carbocycles. The fraction of sp³-hybridized carbons (Fsp3) is 0.464. The number of aromatic amines is 1. The maximum absolute atomic E-state index is 13.4. The van der Waals surface area contributed by atoms with E-state index in [9.17, 15) is 14.3 Å². The minimum absolute atomic E-state index is 0.133. The number of nitrogens with one attached hydrogen (secondary N) is 2. The first-order valence-corrected chi connectivity index (χ1v) is 12.8. The molecule has 5 rings (SSSR count). The topological polar surface area (TPSA) is 80.8 Å². The van der Waals surface area contributed by atoms with Crippen molar-refractivity contribution in [2.45, 2.75) is 44.2 Å². The van der Waals surface area contributed by atoms with Crippen LogP contribution in [0.3, 0.4) is 0 Å². The molecule has 0 aliphatic carbocycles. The fourth-order valence-corrected chi connectivity index (χ4v) is 5.95. The van der Waals surface area contributed by atoms with Gasteiger partial charge in [0.15, 0.2) is 0 Å². The summed E-state index contributed by atoms with van der Waals surface area (Å²) >= 11 is 0. The average molecular weight is 495 g/mol. The van der Waals surface area contributed by atoms with Gasteiger partial charge in [-0.2, -0.15) is 0 Å². The summed E-state index contributed by atoms with van der Waals surface area (Å²) in [7, 11) is 1.65. The molecule has 1 saturated heterocycles. The van der Waals surface area contributed by atoms with Gasteiger partial charge in [-0.05, 0) is 67.7 Å². The van der Waals surface area contributed by atoms with Crippen molar-refractivity contribution in [2.75, 3.05) is 39.9 Å². The van der Waals surface area contributed by atoms with Gasteiger partial charge in [-0.25, -0.2) is 9.18 Å². The highest BCUT2D eigenvalue weighted by atomic mass is 19.1. The third-order valence-corrected chi connectivity index (χ3v) is 7.84. The Morgan fingerprint density at radius 3 is 2.64 bits per heavy atom. The van der Waals surface area contributed by atoms with Gasteiger partial charge in [0.1, 0.15) is 11.6 Å². The number of hydrogen-bond acceptors (Lipinski definition) is 4. The van der Waals surface area contributed by atoms with Gasteiger partial charge in [0, 0.05) is 47.7 Å². The Hall–Kier alpha value is -3.10. The summed E-state index contributed by atoms with van der Waals surface area (Å²) in [4.78, 5) is 21.0. The number of benzene rings is 2. The minimum atomic E-state index is -0.432. The molecule has 1 aromatic heterocycles. The molecule has 0 bridgehead atoms. The molecule has 1 atom stereocenters. The first-order valence-electron chi connectivity index (χ1n) is 12.8. The second-order valence-electron chi connectivity index (χ2n) is 10.1. The Morgan fingerprint density at radius 1 is 1.22 bits per heavy atom. The van der Waals surface area contributed by atoms with E-state index in [1.165, 1.54) is 17.7 Å². The molecule has 1 fully saturated rings. The quantitative estimate of drug-likeness (QED) is 0.477. The number of likely N-dealkylation sites (tertiary alicyclic amines) is 1. The number of aliphatic hydroxyl groups is 1. The van der Waals surface area contributed by atoms with Gasteiger partial charge in [-0.15, -0.1) is 0 Å². The molecular weight excluding hydrogens is 459 g/mol. The molecule has 36 heavy (non-hydrogen) atoms. The standard InChI is InChI=1S/C28H35FN4O3/c1-3-12-30-27(35)33-18-28(10-13-32(14-11-28)16-19-4-6-20(29)7-5-19)25-22-9-8-21(36-2)15-23(22)31-26(25)24(33)17-34/h4-9,15,24,31,34H,3,10-14,16-18H2,1-2H3,(H,30,35)/t24-/m0/s1. The molecule has 2 aliphatic rings. The number of nitrogens with zero attached hydrogens (tertiary/aromatic N) is 2. The third kappa shape index (κ3) is 4.44. The number of halogens is 1. The van der Waals surface area contributed by atoms with Crippen LogP contribution in [0.15, 0.2) is 42.5 Å². The molecule has 2 amide bonds. The highest BCUT2D eigenvalue weighted by Gasteiger charge is 2.48. The van der Waals surface area contributed by atoms with E-state index >= 15 is 0 Å². The number of H-pyrrole nitrogens is 1. The smallest absolute Gasteiger partial charge is 0.318 e. The Kier molecular flexibility index (Phi) is 6.90. The Balaban J connectivity index is 1.50. The van der Waals surface area contributed by atoms with Crippen molar-refractivity contribution in [3.8, 4) is 5.75 Å². The van der Waals surface area contributed by atoms with E-state index < -0.39 is 6.04 Å². The molecule has 8 heteroatoms. The number of rotatable bonds is 6. The molecule has 2 aliphatic heterocycles. The second kappa shape index (κ2) is 10.1. The Morgan fingerprint density at radius 2 is 1.97 bits per heavy atom. The van der Waals surface area contributed by atoms with Crippen molar-refractivity contribution in [1.82, 2.24) is 20.1 Å². The van der Waals surface area contributed by atoms with Crippen LogP contribution in [0.4, 0.5) is 9.18 Å². The lowest BCUT2D eigenvalue weighted by atomic mass is 9.68. The lowest BCUT2D eigenvalue weighted by Gasteiger charge is -2.50. The number of carbonyl (C=O) groups is 1. The molecule has 7 nitrogen and oxygen atoms in total. The lowest BCUT2D eigenvalue weighted by molar-refractivity contribution is 0.0663. The SMILES string of the molecule is CCCNC(=O)N1CC2(CCN(Cc3ccc(F)cc3)CC2)c2c([nH]c3cc(OC)ccc23)[C@@H]1CO. The van der Waals surface area contributed by atoms with E-state index in [0.29, 0.717) is 13.1 Å². The predicted molar refractivity (Wildman–Crippen MR) is 138 cm³/mol. The molecular formula is C28H35FN4O3. The number of urea groups is 1. The van der Waals surface area contributed by atoms with Gasteiger partial charge in [0.2, 0.25) is 0 Å². The number of methoxy groups -OCH3 is 1. The summed E-state index contributed by atoms with van der Waals surface area (Å²) in [6.07, 6.45) is 2.62. The normalized spacial score (nSPS) is 19.4. The van der Waals surface area contributed by atoms with Crippen LogP contribution in [0.2, 0.25) is 0 Å². The molecule has 0 unspecified atom stereocenters. The van der Waals surface area contributed by atoms with Crippen molar-refractivity contribution in [3.05, 3.63) is 65.1 Å². The van der Waals surface area contributed by atoms with Crippen LogP contribution in [0.1, 0.15) is 49.0 Å². The number of aliphatic hydroxyl groups excluding tert-OH is 1. The van der Waals surface area contributed by atoms with Gasteiger partial charge >= 0.3 is 6.03 Å². The largest absolute Gasteiger partial charge is 0.497 e. The van der Waals surface area contributed by atoms with Gasteiger partial charge in [0.05, 0.1) is 19.8 Å². The van der Waals surface area contributed by atoms with Gasteiger partial charge in [-0.1, -0.05) is 19.1 Å². The molecule has 1 spiro atoms. The fourth-order valence-electron chi connectivity index (χ4n) is 5.95. The summed E-state index contributed by atoms with van der Waals surface area (Å²) in [6, 6.07) is 12.2. The van der Waals surface area contributed by atoms with Crippen molar-refractivity contribution in [2.24, 2.45) is 0 Å². The molecule has 2 aromatic carbocycles. The number of fused-ring (bicyclic) bond motifs is 4. The average Bonchev–Trinajstić information content (AvgIpc) is 3.29. The van der Waals surface area contributed by atoms with Gasteiger partial charge in [0.25, 0.3) is 0 Å². The Bertz CT molecular complexity index is 1220. The third-order valence-electron chi connectivity index (χ3n) is 7.84. The Labute approximate surface area is 211 Å². The van der Waals surface area contributed by atoms with Crippen LogP contribution in [-0.2, 0) is 12.0 Å². The summed E-state index contributed by atoms with van der Waals surface area (Å²) in [5, 5.41) is 14.6. The second-order valence-corrected chi connectivity index (χ2v) is 10.1. The van der Waals surface area contributed by atoms with E-state index in [-0.39, 0.29) is 23.9 Å². The number of carbonyl (C=O) groups excluding carboxylic acids is 1. The van der Waals surface area contributed by atoms with E-state index in [2.05, 4.69) is 21.3 Å². The van der Waals surface area contributed by atoms with Crippen LogP contribution in [0.5, 0.6) is 5.75 Å². The monoisotopic (exact) mass is 494 g/mol. The molecule has 192 valence electrons. The molecule has 3 heterocycles. The number of hydrogen-bond donors (Lipinski definition) is 3. The summed E-state index contributed by atoms with van der Waals surface area (Å²) in [5.74, 6) is 0.546. The van der Waals surface area contributed by atoms with E-state index in [1.807, 2.05) is 36.1 Å². The zero-order chi connectivity index (χ0) is 25.3. The van der Waals surface area contributed by atoms with Crippen LogP contribution in [-0.4, -0.2) is 65.8 Å². The van der Waals surface area contributed by atoms with Crippen LogP contribution >= 0.6 is 0 Å². The van der Waals surface area contributed by atoms with Crippen molar-refractivity contribution < 1.29 is 19.0 Å². The van der Waals surface area contributed by atoms with Crippen molar-refractivity contribution >= 4 is 16.9 Å². The maximum atomic E-state index is 13.4. The van der Waals surface area contributed by atoms with E-state index in [1.54, 1.807) is 7.11 Å². The molecule has 3 N–H and O–H groups in total. The zero-order valence-electron chi connectivity index (χ0n) is 21.0. The number of ether oxygens (including phenoxy) is 1. The number of aromatic nitrogens is 1. The van der Waals surface area contributed by atoms with Crippen LogP contribution < -0.4 is 10.1 Å². The van der Waals surface area contributed by atoms with Gasteiger partial charge in [-0.3, -0.25) is 4.90 Å². The maximum Gasteiger partial charge on any atom is 0.318 e. The highest BCUT2D eigenvalue weighted by Crippen LogP contribution is 2.49. The van der Waals surface area contributed by atoms with E-state index in [4.69, 9.17) is 4.74 Å². The summed E-state index contributed by atoms with van der Waals surface area (Å²) in [5.41, 5.74) is 3.97. The number of piperidine rings is 1. The van der Waals surface area contributed by atoms with Crippen molar-refractivity contribution in [3.63, 3.8) is 0 Å². The first-order chi connectivity index (χ1) is 17.5. The van der Waals surface area contributed by atoms with Gasteiger partial charge < -0.3 is 25.0 Å². The van der Waals surface area contributed by atoms with Crippen LogP contribution in [0.25, 0.3) is 10.9 Å². The number of amides is 2. The highest BCUT2D eigenvalue weighted by molar-refractivity contribution is 5.88. The lowest BCUT2D eigenvalue weighted by Crippen LogP contribution is -2.57. The molecule has 3 aromatic rings.